The highest BCUT2D eigenvalue weighted by Gasteiger charge is 2.08. The van der Waals surface area contributed by atoms with Crippen molar-refractivity contribution >= 4 is 5.78 Å². The lowest BCUT2D eigenvalue weighted by Gasteiger charge is -2.07. The van der Waals surface area contributed by atoms with Crippen LogP contribution in [0.5, 0.6) is 0 Å². The number of carbonyl (C=O) groups excluding carboxylic acids is 1. The van der Waals surface area contributed by atoms with E-state index < -0.39 is 0 Å². The fourth-order valence-corrected chi connectivity index (χ4v) is 1.50. The molecule has 0 atom stereocenters. The average molecular weight is 188 g/mol. The van der Waals surface area contributed by atoms with Crippen molar-refractivity contribution in [1.29, 1.82) is 0 Å². The van der Waals surface area contributed by atoms with Crippen LogP contribution in [-0.2, 0) is 0 Å². The van der Waals surface area contributed by atoms with Crippen LogP contribution < -0.4 is 0 Å². The summed E-state index contributed by atoms with van der Waals surface area (Å²) in [5.74, 6) is 0.153. The molecule has 1 heteroatoms. The molecule has 0 fully saturated rings. The largest absolute Gasteiger partial charge is 0.294 e. The molecule has 0 heterocycles. The van der Waals surface area contributed by atoms with Gasteiger partial charge in [-0.05, 0) is 43.5 Å². The van der Waals surface area contributed by atoms with Crippen LogP contribution in [0.2, 0.25) is 0 Å². The van der Waals surface area contributed by atoms with E-state index in [1.165, 1.54) is 11.1 Å². The highest BCUT2D eigenvalue weighted by molar-refractivity contribution is 5.98. The van der Waals surface area contributed by atoms with Gasteiger partial charge in [0.15, 0.2) is 5.78 Å². The van der Waals surface area contributed by atoms with Gasteiger partial charge in [-0.1, -0.05) is 12.1 Å². The van der Waals surface area contributed by atoms with Crippen molar-refractivity contribution in [1.82, 2.24) is 0 Å². The topological polar surface area (TPSA) is 17.1 Å². The number of Topliss-reactive ketones (excluding diaryl/α,β-unsaturated/α-hetero) is 1. The molecular formula is C13H16O. The molecule has 0 aliphatic heterocycles. The quantitative estimate of drug-likeness (QED) is 0.525. The highest BCUT2D eigenvalue weighted by Crippen LogP contribution is 2.16. The predicted molar refractivity (Wildman–Crippen MR) is 59.8 cm³/mol. The van der Waals surface area contributed by atoms with E-state index in [2.05, 4.69) is 19.6 Å². The van der Waals surface area contributed by atoms with Crippen LogP contribution in [0.4, 0.5) is 0 Å². The first-order chi connectivity index (χ1) is 6.56. The summed E-state index contributed by atoms with van der Waals surface area (Å²) in [6.45, 7) is 9.64. The van der Waals surface area contributed by atoms with Crippen molar-refractivity contribution in [2.24, 2.45) is 0 Å². The number of allylic oxidation sites excluding steroid dienone is 1. The van der Waals surface area contributed by atoms with Crippen molar-refractivity contribution in [3.8, 4) is 0 Å². The van der Waals surface area contributed by atoms with Crippen LogP contribution in [0, 0.1) is 20.8 Å². The smallest absolute Gasteiger partial charge is 0.166 e. The summed E-state index contributed by atoms with van der Waals surface area (Å²) in [6, 6.07) is 4.03. The van der Waals surface area contributed by atoms with Crippen molar-refractivity contribution in [2.45, 2.75) is 27.2 Å². The van der Waals surface area contributed by atoms with Gasteiger partial charge >= 0.3 is 0 Å². The van der Waals surface area contributed by atoms with E-state index in [-0.39, 0.29) is 5.78 Å². The summed E-state index contributed by atoms with van der Waals surface area (Å²) >= 11 is 0. The molecule has 0 bridgehead atoms. The molecule has 1 rings (SSSR count). The molecule has 0 spiro atoms. The Morgan fingerprint density at radius 2 is 1.79 bits per heavy atom. The molecule has 0 aliphatic carbocycles. The normalized spacial score (nSPS) is 9.93. The second-order valence-electron chi connectivity index (χ2n) is 3.67. The lowest BCUT2D eigenvalue weighted by atomic mass is 9.97. The van der Waals surface area contributed by atoms with Gasteiger partial charge < -0.3 is 0 Å². The second kappa shape index (κ2) is 4.23. The number of ketones is 1. The molecule has 0 unspecified atom stereocenters. The van der Waals surface area contributed by atoms with Crippen LogP contribution in [-0.4, -0.2) is 5.78 Å². The third kappa shape index (κ3) is 2.11. The first-order valence-electron chi connectivity index (χ1n) is 4.78. The van der Waals surface area contributed by atoms with Gasteiger partial charge in [0, 0.05) is 12.0 Å². The monoisotopic (exact) mass is 188 g/mol. The van der Waals surface area contributed by atoms with E-state index in [1.54, 1.807) is 6.08 Å². The van der Waals surface area contributed by atoms with E-state index >= 15 is 0 Å². The predicted octanol–water partition coefficient (Wildman–Crippen LogP) is 3.37. The molecule has 0 amide bonds. The van der Waals surface area contributed by atoms with Crippen molar-refractivity contribution in [3.63, 3.8) is 0 Å². The van der Waals surface area contributed by atoms with Crippen LogP contribution >= 0.6 is 0 Å². The molecule has 14 heavy (non-hydrogen) atoms. The summed E-state index contributed by atoms with van der Waals surface area (Å²) < 4.78 is 0. The van der Waals surface area contributed by atoms with E-state index in [4.69, 9.17) is 0 Å². The van der Waals surface area contributed by atoms with Crippen molar-refractivity contribution in [3.05, 3.63) is 47.0 Å². The van der Waals surface area contributed by atoms with Gasteiger partial charge in [0.1, 0.15) is 0 Å². The Bertz CT molecular complexity index is 375. The van der Waals surface area contributed by atoms with Gasteiger partial charge in [-0.15, -0.1) is 6.58 Å². The van der Waals surface area contributed by atoms with Gasteiger partial charge in [0.2, 0.25) is 0 Å². The molecule has 1 aromatic rings. The van der Waals surface area contributed by atoms with Gasteiger partial charge in [0.05, 0.1) is 0 Å². The molecule has 0 aromatic heterocycles. The fraction of sp³-hybridized carbons (Fsp3) is 0.308. The molecule has 1 nitrogen and oxygen atoms in total. The SMILES string of the molecule is C=CCC(=O)c1cc(C)c(C)cc1C. The molecular weight excluding hydrogens is 172 g/mol. The Morgan fingerprint density at radius 1 is 1.21 bits per heavy atom. The Balaban J connectivity index is 3.15. The number of aryl methyl sites for hydroxylation is 3. The van der Waals surface area contributed by atoms with E-state index in [0.717, 1.165) is 11.1 Å². The molecule has 0 aliphatic rings. The van der Waals surface area contributed by atoms with Gasteiger partial charge in [-0.25, -0.2) is 0 Å². The van der Waals surface area contributed by atoms with Crippen LogP contribution in [0.1, 0.15) is 33.5 Å². The average Bonchev–Trinajstić information content (AvgIpc) is 2.11. The summed E-state index contributed by atoms with van der Waals surface area (Å²) in [6.07, 6.45) is 2.07. The minimum absolute atomic E-state index is 0.153. The summed E-state index contributed by atoms with van der Waals surface area (Å²) in [4.78, 5) is 11.7. The molecule has 74 valence electrons. The number of hydrogen-bond donors (Lipinski definition) is 0. The van der Waals surface area contributed by atoms with Crippen molar-refractivity contribution < 1.29 is 4.79 Å². The number of carbonyl (C=O) groups is 1. The number of hydrogen-bond acceptors (Lipinski definition) is 1. The molecule has 0 saturated carbocycles. The maximum absolute atomic E-state index is 11.7. The van der Waals surface area contributed by atoms with E-state index in [9.17, 15) is 4.79 Å². The van der Waals surface area contributed by atoms with Crippen LogP contribution in [0.3, 0.4) is 0 Å². The van der Waals surface area contributed by atoms with Gasteiger partial charge in [-0.3, -0.25) is 4.79 Å². The zero-order chi connectivity index (χ0) is 10.7. The first-order valence-corrected chi connectivity index (χ1v) is 4.78. The lowest BCUT2D eigenvalue weighted by Crippen LogP contribution is -2.01. The van der Waals surface area contributed by atoms with E-state index in [1.807, 2.05) is 19.9 Å². The lowest BCUT2D eigenvalue weighted by molar-refractivity contribution is 0.0995. The summed E-state index contributed by atoms with van der Waals surface area (Å²) in [5.41, 5.74) is 4.29. The molecule has 1 aromatic carbocycles. The summed E-state index contributed by atoms with van der Waals surface area (Å²) in [7, 11) is 0. The standard InChI is InChI=1S/C13H16O/c1-5-6-13(14)12-8-10(3)9(2)7-11(12)4/h5,7-8H,1,6H2,2-4H3. The van der Waals surface area contributed by atoms with Gasteiger partial charge in [-0.2, -0.15) is 0 Å². The van der Waals surface area contributed by atoms with Gasteiger partial charge in [0.25, 0.3) is 0 Å². The van der Waals surface area contributed by atoms with E-state index in [0.29, 0.717) is 6.42 Å². The Hall–Kier alpha value is -1.37. The zero-order valence-electron chi connectivity index (χ0n) is 9.05. The number of benzene rings is 1. The Kier molecular flexibility index (Phi) is 3.23. The van der Waals surface area contributed by atoms with Crippen LogP contribution in [0.15, 0.2) is 24.8 Å². The van der Waals surface area contributed by atoms with Crippen molar-refractivity contribution in [2.75, 3.05) is 0 Å². The maximum Gasteiger partial charge on any atom is 0.166 e. The number of rotatable bonds is 3. The summed E-state index contributed by atoms with van der Waals surface area (Å²) in [5, 5.41) is 0. The zero-order valence-corrected chi connectivity index (χ0v) is 9.05. The minimum atomic E-state index is 0.153. The second-order valence-corrected chi connectivity index (χ2v) is 3.67. The molecule has 0 N–H and O–H groups in total. The third-order valence-electron chi connectivity index (χ3n) is 2.47. The third-order valence-corrected chi connectivity index (χ3v) is 2.47. The minimum Gasteiger partial charge on any atom is -0.294 e. The molecule has 0 saturated heterocycles. The fourth-order valence-electron chi connectivity index (χ4n) is 1.50. The first kappa shape index (κ1) is 10.7. The highest BCUT2D eigenvalue weighted by atomic mass is 16.1. The maximum atomic E-state index is 11.7. The van der Waals surface area contributed by atoms with Crippen LogP contribution in [0.25, 0.3) is 0 Å². The Morgan fingerprint density at radius 3 is 2.36 bits per heavy atom. The Labute approximate surface area is 85.5 Å². The molecule has 0 radical (unpaired) electrons.